The van der Waals surface area contributed by atoms with Crippen LogP contribution in [0.2, 0.25) is 0 Å². The van der Waals surface area contributed by atoms with E-state index in [-0.39, 0.29) is 30.7 Å². The van der Waals surface area contributed by atoms with Crippen molar-refractivity contribution in [1.82, 2.24) is 20.1 Å². The van der Waals surface area contributed by atoms with E-state index in [1.165, 1.54) is 0 Å². The Kier molecular flexibility index (Phi) is 8.08. The molecule has 1 amide bonds. The van der Waals surface area contributed by atoms with Crippen LogP contribution in [0.1, 0.15) is 18.3 Å². The molecule has 1 unspecified atom stereocenters. The fourth-order valence-electron chi connectivity index (χ4n) is 1.92. The van der Waals surface area contributed by atoms with Gasteiger partial charge in [0.2, 0.25) is 5.91 Å². The third-order valence-corrected chi connectivity index (χ3v) is 3.29. The third-order valence-electron chi connectivity index (χ3n) is 3.29. The van der Waals surface area contributed by atoms with Gasteiger partial charge in [-0.1, -0.05) is 30.3 Å². The molecule has 122 valence electrons. The maximum atomic E-state index is 12.2. The lowest BCUT2D eigenvalue weighted by molar-refractivity contribution is -0.126. The highest BCUT2D eigenvalue weighted by Gasteiger charge is 2.29. The minimum atomic E-state index is -1.04. The zero-order valence-corrected chi connectivity index (χ0v) is 14.2. The molecule has 0 saturated heterocycles. The SMILES string of the molecule is Cc1nncn1CCNC(=O)C(C)(N)c1ccccc1.Cl.Cl. The van der Waals surface area contributed by atoms with Gasteiger partial charge in [0.1, 0.15) is 17.7 Å². The number of benzene rings is 1. The fourth-order valence-corrected chi connectivity index (χ4v) is 1.92. The normalized spacial score (nSPS) is 12.5. The topological polar surface area (TPSA) is 85.8 Å². The zero-order valence-electron chi connectivity index (χ0n) is 12.5. The van der Waals surface area contributed by atoms with Crippen molar-refractivity contribution >= 4 is 30.7 Å². The molecule has 0 fully saturated rings. The molecule has 22 heavy (non-hydrogen) atoms. The van der Waals surface area contributed by atoms with Crippen LogP contribution in [0.5, 0.6) is 0 Å². The highest BCUT2D eigenvalue weighted by atomic mass is 35.5. The third kappa shape index (κ3) is 4.69. The number of nitrogens with zero attached hydrogens (tertiary/aromatic N) is 3. The minimum Gasteiger partial charge on any atom is -0.352 e. The van der Waals surface area contributed by atoms with Gasteiger partial charge >= 0.3 is 0 Å². The number of hydrogen-bond donors (Lipinski definition) is 2. The molecule has 8 heteroatoms. The van der Waals surface area contributed by atoms with Crippen LogP contribution in [0.3, 0.4) is 0 Å². The van der Waals surface area contributed by atoms with Crippen molar-refractivity contribution in [2.75, 3.05) is 6.54 Å². The van der Waals surface area contributed by atoms with E-state index in [1.807, 2.05) is 41.8 Å². The number of nitrogens with two attached hydrogens (primary N) is 1. The molecule has 6 nitrogen and oxygen atoms in total. The van der Waals surface area contributed by atoms with Crippen molar-refractivity contribution in [2.45, 2.75) is 25.9 Å². The molecule has 0 radical (unpaired) electrons. The van der Waals surface area contributed by atoms with Gasteiger partial charge in [-0.2, -0.15) is 0 Å². The number of nitrogens with one attached hydrogen (secondary N) is 1. The lowest BCUT2D eigenvalue weighted by atomic mass is 9.92. The van der Waals surface area contributed by atoms with E-state index in [1.54, 1.807) is 13.3 Å². The van der Waals surface area contributed by atoms with Crippen LogP contribution in [-0.2, 0) is 16.9 Å². The molecule has 0 aliphatic carbocycles. The molecule has 0 aliphatic heterocycles. The highest BCUT2D eigenvalue weighted by Crippen LogP contribution is 2.17. The van der Waals surface area contributed by atoms with Crippen LogP contribution in [0.15, 0.2) is 36.7 Å². The van der Waals surface area contributed by atoms with E-state index in [9.17, 15) is 4.79 Å². The van der Waals surface area contributed by atoms with Crippen molar-refractivity contribution in [3.8, 4) is 0 Å². The Morgan fingerprint density at radius 3 is 2.50 bits per heavy atom. The molecule has 1 aromatic carbocycles. The summed E-state index contributed by atoms with van der Waals surface area (Å²) in [6, 6.07) is 9.34. The first-order valence-electron chi connectivity index (χ1n) is 6.49. The number of aromatic nitrogens is 3. The summed E-state index contributed by atoms with van der Waals surface area (Å²) in [5.41, 5.74) is 5.88. The second-order valence-corrected chi connectivity index (χ2v) is 4.90. The molecule has 0 bridgehead atoms. The van der Waals surface area contributed by atoms with Gasteiger partial charge in [0.25, 0.3) is 0 Å². The molecule has 0 spiro atoms. The van der Waals surface area contributed by atoms with Gasteiger partial charge < -0.3 is 15.6 Å². The number of rotatable bonds is 5. The maximum absolute atomic E-state index is 12.2. The molecule has 1 atom stereocenters. The Labute approximate surface area is 142 Å². The first kappa shape index (κ1) is 20.4. The van der Waals surface area contributed by atoms with Crippen molar-refractivity contribution in [3.05, 3.63) is 48.0 Å². The van der Waals surface area contributed by atoms with Gasteiger partial charge in [0.15, 0.2) is 0 Å². The molecule has 2 aromatic rings. The first-order valence-corrected chi connectivity index (χ1v) is 6.49. The Hall–Kier alpha value is -1.63. The van der Waals surface area contributed by atoms with Crippen molar-refractivity contribution in [3.63, 3.8) is 0 Å². The van der Waals surface area contributed by atoms with E-state index < -0.39 is 5.54 Å². The molecular weight excluding hydrogens is 325 g/mol. The van der Waals surface area contributed by atoms with Gasteiger partial charge in [-0.25, -0.2) is 0 Å². The van der Waals surface area contributed by atoms with Gasteiger partial charge in [-0.3, -0.25) is 4.79 Å². The number of aryl methyl sites for hydroxylation is 1. The van der Waals surface area contributed by atoms with Crippen LogP contribution in [-0.4, -0.2) is 27.2 Å². The molecule has 0 saturated carbocycles. The van der Waals surface area contributed by atoms with Crippen LogP contribution in [0.4, 0.5) is 0 Å². The van der Waals surface area contributed by atoms with Crippen LogP contribution in [0, 0.1) is 6.92 Å². The fraction of sp³-hybridized carbons (Fsp3) is 0.357. The van der Waals surface area contributed by atoms with Gasteiger partial charge in [-0.05, 0) is 19.4 Å². The number of amides is 1. The molecular formula is C14H21Cl2N5O. The van der Waals surface area contributed by atoms with Gasteiger partial charge in [0, 0.05) is 13.1 Å². The minimum absolute atomic E-state index is 0. The summed E-state index contributed by atoms with van der Waals surface area (Å²) in [5, 5.41) is 10.5. The summed E-state index contributed by atoms with van der Waals surface area (Å²) < 4.78 is 1.87. The van der Waals surface area contributed by atoms with E-state index in [4.69, 9.17) is 5.73 Å². The molecule has 0 aliphatic rings. The quantitative estimate of drug-likeness (QED) is 0.857. The van der Waals surface area contributed by atoms with Crippen LogP contribution < -0.4 is 11.1 Å². The van der Waals surface area contributed by atoms with Crippen LogP contribution >= 0.6 is 24.8 Å². The lowest BCUT2D eigenvalue weighted by Gasteiger charge is -2.24. The summed E-state index contributed by atoms with van der Waals surface area (Å²) in [6.07, 6.45) is 1.64. The zero-order chi connectivity index (χ0) is 14.6. The van der Waals surface area contributed by atoms with Crippen molar-refractivity contribution in [2.24, 2.45) is 5.73 Å². The Morgan fingerprint density at radius 1 is 1.32 bits per heavy atom. The maximum Gasteiger partial charge on any atom is 0.244 e. The predicted octanol–water partition coefficient (Wildman–Crippen LogP) is 1.42. The van der Waals surface area contributed by atoms with E-state index in [0.29, 0.717) is 13.1 Å². The van der Waals surface area contributed by atoms with E-state index >= 15 is 0 Å². The number of carbonyl (C=O) groups excluding carboxylic acids is 1. The summed E-state index contributed by atoms with van der Waals surface area (Å²) in [6.45, 7) is 4.68. The average molecular weight is 346 g/mol. The summed E-state index contributed by atoms with van der Waals surface area (Å²) in [5.74, 6) is 0.618. The molecule has 1 aromatic heterocycles. The largest absolute Gasteiger partial charge is 0.352 e. The highest BCUT2D eigenvalue weighted by molar-refractivity contribution is 5.87. The number of hydrogen-bond acceptors (Lipinski definition) is 4. The van der Waals surface area contributed by atoms with E-state index in [2.05, 4.69) is 15.5 Å². The second kappa shape index (κ2) is 8.73. The van der Waals surface area contributed by atoms with Gasteiger partial charge in [0.05, 0.1) is 0 Å². The summed E-state index contributed by atoms with van der Waals surface area (Å²) >= 11 is 0. The summed E-state index contributed by atoms with van der Waals surface area (Å²) in [7, 11) is 0. The monoisotopic (exact) mass is 345 g/mol. The second-order valence-electron chi connectivity index (χ2n) is 4.90. The van der Waals surface area contributed by atoms with Crippen molar-refractivity contribution in [1.29, 1.82) is 0 Å². The predicted molar refractivity (Wildman–Crippen MR) is 90.2 cm³/mol. The standard InChI is InChI=1S/C14H19N5O.2ClH/c1-11-18-17-10-19(11)9-8-16-13(20)14(2,15)12-6-4-3-5-7-12;;/h3-7,10H,8-9,15H2,1-2H3,(H,16,20);2*1H. The first-order chi connectivity index (χ1) is 9.51. The summed E-state index contributed by atoms with van der Waals surface area (Å²) in [4.78, 5) is 12.2. The van der Waals surface area contributed by atoms with Gasteiger partial charge in [-0.15, -0.1) is 35.0 Å². The average Bonchev–Trinajstić information content (AvgIpc) is 2.85. The Balaban J connectivity index is 0.00000220. The molecule has 3 N–H and O–H groups in total. The number of carbonyl (C=O) groups is 1. The number of halogens is 2. The Bertz CT molecular complexity index is 586. The van der Waals surface area contributed by atoms with E-state index in [0.717, 1.165) is 11.4 Å². The smallest absolute Gasteiger partial charge is 0.244 e. The lowest BCUT2D eigenvalue weighted by Crippen LogP contribution is -2.49. The Morgan fingerprint density at radius 2 is 1.95 bits per heavy atom. The molecule has 2 rings (SSSR count). The molecule has 1 heterocycles. The van der Waals surface area contributed by atoms with Crippen LogP contribution in [0.25, 0.3) is 0 Å². The van der Waals surface area contributed by atoms with Crippen molar-refractivity contribution < 1.29 is 4.79 Å².